The number of rotatable bonds is 1. The van der Waals surface area contributed by atoms with Gasteiger partial charge in [-0.3, -0.25) is 4.79 Å². The van der Waals surface area contributed by atoms with Crippen LogP contribution in [-0.4, -0.2) is 23.1 Å². The van der Waals surface area contributed by atoms with Crippen LogP contribution in [-0.2, 0) is 7.05 Å². The highest BCUT2D eigenvalue weighted by atomic mass is 16.1. The van der Waals surface area contributed by atoms with Gasteiger partial charge in [0.1, 0.15) is 0 Å². The third kappa shape index (κ3) is 2.01. The average Bonchev–Trinajstić information content (AvgIpc) is 2.23. The van der Waals surface area contributed by atoms with Crippen LogP contribution < -0.4 is 5.56 Å². The van der Waals surface area contributed by atoms with E-state index >= 15 is 0 Å². The molecule has 0 N–H and O–H groups in total. The van der Waals surface area contributed by atoms with Crippen molar-refractivity contribution >= 4 is 5.57 Å². The maximum atomic E-state index is 11.4. The summed E-state index contributed by atoms with van der Waals surface area (Å²) in [5.74, 6) is 0. The zero-order valence-electron chi connectivity index (χ0n) is 8.97. The molecule has 78 valence electrons. The summed E-state index contributed by atoms with van der Waals surface area (Å²) >= 11 is 0. The molecule has 2 rings (SSSR count). The van der Waals surface area contributed by atoms with Gasteiger partial charge in [0.2, 0.25) is 0 Å². The second kappa shape index (κ2) is 3.77. The predicted octanol–water partition coefficient (Wildman–Crippen LogP) is 1.23. The summed E-state index contributed by atoms with van der Waals surface area (Å²) in [7, 11) is 3.78. The molecule has 0 spiro atoms. The first-order valence-electron chi connectivity index (χ1n) is 4.92. The van der Waals surface area contributed by atoms with Crippen molar-refractivity contribution in [3.63, 3.8) is 0 Å². The van der Waals surface area contributed by atoms with Crippen molar-refractivity contribution in [1.82, 2.24) is 9.47 Å². The van der Waals surface area contributed by atoms with E-state index in [1.165, 1.54) is 0 Å². The number of pyridine rings is 1. The maximum absolute atomic E-state index is 11.4. The third-order valence-corrected chi connectivity index (χ3v) is 2.55. The van der Waals surface area contributed by atoms with Gasteiger partial charge in [0.15, 0.2) is 0 Å². The Morgan fingerprint density at radius 1 is 1.33 bits per heavy atom. The Morgan fingerprint density at radius 3 is 2.73 bits per heavy atom. The highest BCUT2D eigenvalue weighted by Crippen LogP contribution is 2.16. The van der Waals surface area contributed by atoms with Gasteiger partial charge in [-0.15, -0.1) is 0 Å². The summed E-state index contributed by atoms with van der Waals surface area (Å²) in [6, 6.07) is 3.63. The summed E-state index contributed by atoms with van der Waals surface area (Å²) in [6.45, 7) is 0.890. The second-order valence-electron chi connectivity index (χ2n) is 3.78. The summed E-state index contributed by atoms with van der Waals surface area (Å²) in [6.07, 6.45) is 7.96. The molecule has 0 aromatic carbocycles. The van der Waals surface area contributed by atoms with Crippen molar-refractivity contribution in [2.75, 3.05) is 13.6 Å². The minimum absolute atomic E-state index is 0.0285. The van der Waals surface area contributed by atoms with Crippen molar-refractivity contribution in [3.8, 4) is 0 Å². The molecule has 0 unspecified atom stereocenters. The number of hydrogen-bond donors (Lipinski definition) is 0. The first-order valence-corrected chi connectivity index (χ1v) is 4.92. The highest BCUT2D eigenvalue weighted by molar-refractivity contribution is 5.74. The third-order valence-electron chi connectivity index (χ3n) is 2.55. The lowest BCUT2D eigenvalue weighted by atomic mass is 10.1. The van der Waals surface area contributed by atoms with Crippen LogP contribution in [0.25, 0.3) is 5.57 Å². The lowest BCUT2D eigenvalue weighted by Crippen LogP contribution is -2.16. The van der Waals surface area contributed by atoms with Gasteiger partial charge in [-0.05, 0) is 29.5 Å². The Kier molecular flexibility index (Phi) is 2.46. The van der Waals surface area contributed by atoms with Crippen LogP contribution >= 0.6 is 0 Å². The zero-order chi connectivity index (χ0) is 10.8. The number of nitrogens with zero attached hydrogens (tertiary/aromatic N) is 2. The van der Waals surface area contributed by atoms with E-state index in [9.17, 15) is 4.79 Å². The van der Waals surface area contributed by atoms with Gasteiger partial charge < -0.3 is 9.47 Å². The monoisotopic (exact) mass is 202 g/mol. The molecule has 1 aromatic rings. The van der Waals surface area contributed by atoms with E-state index < -0.39 is 0 Å². The molecule has 0 saturated carbocycles. The van der Waals surface area contributed by atoms with Gasteiger partial charge in [-0.1, -0.05) is 6.08 Å². The molecule has 0 radical (unpaired) electrons. The fraction of sp³-hybridized carbons (Fsp3) is 0.250. The normalized spacial score (nSPS) is 15.3. The first kappa shape index (κ1) is 9.77. The van der Waals surface area contributed by atoms with E-state index in [1.807, 2.05) is 25.4 Å². The summed E-state index contributed by atoms with van der Waals surface area (Å²) in [5.41, 5.74) is 2.13. The Morgan fingerprint density at radius 2 is 2.13 bits per heavy atom. The smallest absolute Gasteiger partial charge is 0.250 e. The first-order chi connectivity index (χ1) is 7.16. The molecule has 0 amide bonds. The van der Waals surface area contributed by atoms with Crippen molar-refractivity contribution in [2.45, 2.75) is 0 Å². The maximum Gasteiger partial charge on any atom is 0.250 e. The predicted molar refractivity (Wildman–Crippen MR) is 61.4 cm³/mol. The lowest BCUT2D eigenvalue weighted by molar-refractivity contribution is 0.506. The number of hydrogen-bond acceptors (Lipinski definition) is 2. The topological polar surface area (TPSA) is 25.2 Å². The van der Waals surface area contributed by atoms with E-state index in [1.54, 1.807) is 23.9 Å². The minimum Gasteiger partial charge on any atom is -0.377 e. The van der Waals surface area contributed by atoms with E-state index in [-0.39, 0.29) is 5.56 Å². The van der Waals surface area contributed by atoms with Gasteiger partial charge in [0, 0.05) is 32.9 Å². The average molecular weight is 202 g/mol. The molecule has 0 atom stereocenters. The molecule has 3 heteroatoms. The van der Waals surface area contributed by atoms with Gasteiger partial charge in [0.05, 0.1) is 0 Å². The van der Waals surface area contributed by atoms with Crippen molar-refractivity contribution in [1.29, 1.82) is 0 Å². The van der Waals surface area contributed by atoms with Crippen LogP contribution in [0.1, 0.15) is 5.56 Å². The second-order valence-corrected chi connectivity index (χ2v) is 3.78. The van der Waals surface area contributed by atoms with Crippen molar-refractivity contribution in [2.24, 2.45) is 7.05 Å². The van der Waals surface area contributed by atoms with Crippen LogP contribution in [0.3, 0.4) is 0 Å². The molecule has 0 aliphatic carbocycles. The molecule has 15 heavy (non-hydrogen) atoms. The number of likely N-dealkylation sites (N-methyl/N-ethyl adjacent to an activating group) is 1. The molecule has 2 heterocycles. The quantitative estimate of drug-likeness (QED) is 0.684. The molecule has 1 aliphatic rings. The fourth-order valence-corrected chi connectivity index (χ4v) is 1.52. The largest absolute Gasteiger partial charge is 0.377 e. The number of allylic oxidation sites excluding steroid dienone is 2. The Labute approximate surface area is 89.0 Å². The molecular weight excluding hydrogens is 188 g/mol. The van der Waals surface area contributed by atoms with E-state index in [0.717, 1.165) is 17.7 Å². The fourth-order valence-electron chi connectivity index (χ4n) is 1.52. The van der Waals surface area contributed by atoms with Gasteiger partial charge in [0.25, 0.3) is 5.56 Å². The SMILES string of the molecule is CN1C=CC(c2ccn(C)c(=O)c2)=CC1. The highest BCUT2D eigenvalue weighted by Gasteiger charge is 2.04. The van der Waals surface area contributed by atoms with Crippen LogP contribution in [0.15, 0.2) is 41.5 Å². The van der Waals surface area contributed by atoms with Crippen molar-refractivity contribution < 1.29 is 0 Å². The molecule has 1 aliphatic heterocycles. The van der Waals surface area contributed by atoms with E-state index in [0.29, 0.717) is 0 Å². The molecular formula is C12H14N2O. The molecule has 1 aromatic heterocycles. The van der Waals surface area contributed by atoms with Crippen LogP contribution in [0.4, 0.5) is 0 Å². The van der Waals surface area contributed by atoms with Crippen molar-refractivity contribution in [3.05, 3.63) is 52.6 Å². The van der Waals surface area contributed by atoms with Gasteiger partial charge in [-0.25, -0.2) is 0 Å². The number of aryl methyl sites for hydroxylation is 1. The van der Waals surface area contributed by atoms with Gasteiger partial charge >= 0.3 is 0 Å². The van der Waals surface area contributed by atoms with Gasteiger partial charge in [-0.2, -0.15) is 0 Å². The Balaban J connectivity index is 2.35. The Bertz CT molecular complexity index is 483. The van der Waals surface area contributed by atoms with Crippen LogP contribution in [0, 0.1) is 0 Å². The van der Waals surface area contributed by atoms with E-state index in [4.69, 9.17) is 0 Å². The number of aromatic nitrogens is 1. The lowest BCUT2D eigenvalue weighted by Gasteiger charge is -2.17. The summed E-state index contributed by atoms with van der Waals surface area (Å²) in [5, 5.41) is 0. The molecule has 0 fully saturated rings. The minimum atomic E-state index is 0.0285. The summed E-state index contributed by atoms with van der Waals surface area (Å²) in [4.78, 5) is 13.5. The zero-order valence-corrected chi connectivity index (χ0v) is 8.97. The Hall–Kier alpha value is -1.77. The molecule has 0 saturated heterocycles. The standard InChI is InChI=1S/C12H14N2O/c1-13-6-3-10(4-7-13)11-5-8-14(2)12(15)9-11/h3-6,8-9H,7H2,1-2H3. The van der Waals surface area contributed by atoms with Crippen LogP contribution in [0.2, 0.25) is 0 Å². The van der Waals surface area contributed by atoms with E-state index in [2.05, 4.69) is 11.0 Å². The van der Waals surface area contributed by atoms with Crippen LogP contribution in [0.5, 0.6) is 0 Å². The summed E-state index contributed by atoms with van der Waals surface area (Å²) < 4.78 is 1.57. The molecule has 0 bridgehead atoms. The molecule has 3 nitrogen and oxygen atoms in total.